The van der Waals surface area contributed by atoms with E-state index in [9.17, 15) is 19.3 Å². The molecule has 0 bridgehead atoms. The van der Waals surface area contributed by atoms with Gasteiger partial charge in [-0.25, -0.2) is 9.82 Å². The van der Waals surface area contributed by atoms with Crippen molar-refractivity contribution in [2.45, 2.75) is 6.54 Å². The second-order valence-electron chi connectivity index (χ2n) is 5.54. The number of hydrazone groups is 1. The van der Waals surface area contributed by atoms with Gasteiger partial charge in [0.05, 0.1) is 17.7 Å². The van der Waals surface area contributed by atoms with Crippen LogP contribution in [-0.2, 0) is 6.54 Å². The van der Waals surface area contributed by atoms with E-state index >= 15 is 0 Å². The van der Waals surface area contributed by atoms with Gasteiger partial charge in [0.15, 0.2) is 5.69 Å². The summed E-state index contributed by atoms with van der Waals surface area (Å²) in [5, 5.41) is 18.5. The zero-order valence-corrected chi connectivity index (χ0v) is 13.9. The van der Waals surface area contributed by atoms with Gasteiger partial charge in [-0.3, -0.25) is 19.6 Å². The van der Waals surface area contributed by atoms with Crippen LogP contribution in [0.3, 0.4) is 0 Å². The number of aromatic nitrogens is 2. The largest absolute Gasteiger partial charge is 0.291 e. The monoisotopic (exact) mass is 367 g/mol. The maximum absolute atomic E-state index is 13.5. The number of carbonyl (C=O) groups excluding carboxylic acids is 1. The van der Waals surface area contributed by atoms with Crippen LogP contribution in [0.4, 0.5) is 10.1 Å². The van der Waals surface area contributed by atoms with Crippen LogP contribution in [0.15, 0.2) is 65.9 Å². The molecule has 2 aromatic carbocycles. The van der Waals surface area contributed by atoms with Gasteiger partial charge in [-0.2, -0.15) is 10.2 Å². The minimum Gasteiger partial charge on any atom is -0.268 e. The minimum atomic E-state index is -0.537. The zero-order valence-electron chi connectivity index (χ0n) is 13.9. The topological polar surface area (TPSA) is 102 Å². The van der Waals surface area contributed by atoms with Gasteiger partial charge in [0.1, 0.15) is 5.82 Å². The Hall–Kier alpha value is -3.88. The summed E-state index contributed by atoms with van der Waals surface area (Å²) in [4.78, 5) is 22.2. The third kappa shape index (κ3) is 4.60. The summed E-state index contributed by atoms with van der Waals surface area (Å²) in [6, 6.07) is 13.6. The molecular weight excluding hydrogens is 353 g/mol. The lowest BCUT2D eigenvalue weighted by Crippen LogP contribution is -2.18. The second-order valence-corrected chi connectivity index (χ2v) is 5.54. The van der Waals surface area contributed by atoms with Gasteiger partial charge in [0.2, 0.25) is 0 Å². The van der Waals surface area contributed by atoms with Crippen molar-refractivity contribution in [1.82, 2.24) is 15.2 Å². The highest BCUT2D eigenvalue weighted by molar-refractivity contribution is 5.93. The van der Waals surface area contributed by atoms with E-state index in [0.29, 0.717) is 6.54 Å². The van der Waals surface area contributed by atoms with Crippen molar-refractivity contribution in [3.63, 3.8) is 0 Å². The number of rotatable bonds is 6. The van der Waals surface area contributed by atoms with Crippen molar-refractivity contribution < 1.29 is 14.1 Å². The first kappa shape index (κ1) is 17.9. The fourth-order valence-electron chi connectivity index (χ4n) is 2.28. The van der Waals surface area contributed by atoms with E-state index in [1.807, 2.05) is 0 Å². The van der Waals surface area contributed by atoms with Crippen molar-refractivity contribution in [2.24, 2.45) is 5.10 Å². The number of halogens is 1. The van der Waals surface area contributed by atoms with E-state index in [-0.39, 0.29) is 16.9 Å². The highest BCUT2D eigenvalue weighted by Gasteiger charge is 2.10. The summed E-state index contributed by atoms with van der Waals surface area (Å²) >= 11 is 0. The molecule has 3 aromatic rings. The number of nitro groups is 1. The van der Waals surface area contributed by atoms with Gasteiger partial charge >= 0.3 is 0 Å². The zero-order chi connectivity index (χ0) is 19.2. The van der Waals surface area contributed by atoms with E-state index in [1.165, 1.54) is 41.2 Å². The summed E-state index contributed by atoms with van der Waals surface area (Å²) in [7, 11) is 0. The molecule has 0 atom stereocenters. The molecular formula is C18H14FN5O3. The first-order chi connectivity index (χ1) is 13.0. The summed E-state index contributed by atoms with van der Waals surface area (Å²) in [5.74, 6) is -0.979. The van der Waals surface area contributed by atoms with Crippen molar-refractivity contribution in [3.8, 4) is 0 Å². The quantitative estimate of drug-likeness (QED) is 0.411. The fourth-order valence-corrected chi connectivity index (χ4v) is 2.28. The van der Waals surface area contributed by atoms with Crippen LogP contribution in [0, 0.1) is 15.9 Å². The van der Waals surface area contributed by atoms with Crippen LogP contribution in [-0.4, -0.2) is 26.8 Å². The molecule has 0 aliphatic carbocycles. The van der Waals surface area contributed by atoms with Gasteiger partial charge < -0.3 is 0 Å². The van der Waals surface area contributed by atoms with Crippen LogP contribution < -0.4 is 5.43 Å². The summed E-state index contributed by atoms with van der Waals surface area (Å²) < 4.78 is 15.0. The Bertz CT molecular complexity index is 998. The Morgan fingerprint density at radius 1 is 1.22 bits per heavy atom. The Morgan fingerprint density at radius 2 is 1.96 bits per heavy atom. The molecule has 3 rings (SSSR count). The molecule has 0 saturated carbocycles. The molecule has 1 heterocycles. The smallest absolute Gasteiger partial charge is 0.268 e. The molecule has 8 nitrogen and oxygen atoms in total. The van der Waals surface area contributed by atoms with E-state index in [4.69, 9.17) is 0 Å². The van der Waals surface area contributed by atoms with Crippen LogP contribution in [0.25, 0.3) is 0 Å². The van der Waals surface area contributed by atoms with Crippen LogP contribution in [0.1, 0.15) is 21.6 Å². The van der Waals surface area contributed by atoms with E-state index in [0.717, 1.165) is 5.56 Å². The maximum Gasteiger partial charge on any atom is 0.291 e. The SMILES string of the molecule is O=C(N/N=C\c1ccccc1F)c1ccn(Cc2ccc([N+](=O)[O-])cc2)n1. The van der Waals surface area contributed by atoms with Gasteiger partial charge in [-0.1, -0.05) is 30.3 Å². The van der Waals surface area contributed by atoms with E-state index < -0.39 is 16.6 Å². The Kier molecular flexibility index (Phi) is 5.31. The first-order valence-corrected chi connectivity index (χ1v) is 7.87. The number of carbonyl (C=O) groups is 1. The molecule has 1 amide bonds. The molecule has 0 spiro atoms. The summed E-state index contributed by atoms with van der Waals surface area (Å²) in [5.41, 5.74) is 3.48. The fraction of sp³-hybridized carbons (Fsp3) is 0.0556. The third-order valence-corrected chi connectivity index (χ3v) is 3.64. The van der Waals surface area contributed by atoms with Gasteiger partial charge in [0, 0.05) is 23.9 Å². The number of nitrogens with zero attached hydrogens (tertiary/aromatic N) is 4. The lowest BCUT2D eigenvalue weighted by molar-refractivity contribution is -0.384. The van der Waals surface area contributed by atoms with Crippen molar-refractivity contribution in [3.05, 3.63) is 93.5 Å². The molecule has 0 aliphatic heterocycles. The molecule has 0 saturated heterocycles. The number of nitrogens with one attached hydrogen (secondary N) is 1. The Labute approximate surface area is 153 Å². The number of hydrogen-bond acceptors (Lipinski definition) is 5. The Morgan fingerprint density at radius 3 is 2.67 bits per heavy atom. The molecule has 0 unspecified atom stereocenters. The molecule has 1 N–H and O–H groups in total. The molecule has 0 aliphatic rings. The number of amides is 1. The Balaban J connectivity index is 1.60. The van der Waals surface area contributed by atoms with E-state index in [2.05, 4.69) is 15.6 Å². The van der Waals surface area contributed by atoms with Crippen molar-refractivity contribution in [1.29, 1.82) is 0 Å². The lowest BCUT2D eigenvalue weighted by atomic mass is 10.2. The number of benzene rings is 2. The number of hydrogen-bond donors (Lipinski definition) is 1. The maximum atomic E-state index is 13.5. The minimum absolute atomic E-state index is 0.00648. The van der Waals surface area contributed by atoms with Crippen molar-refractivity contribution >= 4 is 17.8 Å². The molecule has 9 heteroatoms. The predicted octanol–water partition coefficient (Wildman–Crippen LogP) is 2.74. The predicted molar refractivity (Wildman–Crippen MR) is 95.9 cm³/mol. The number of non-ortho nitro benzene ring substituents is 1. The average molecular weight is 367 g/mol. The third-order valence-electron chi connectivity index (χ3n) is 3.64. The summed E-state index contributed by atoms with van der Waals surface area (Å²) in [6.07, 6.45) is 2.82. The highest BCUT2D eigenvalue weighted by atomic mass is 19.1. The second kappa shape index (κ2) is 8.00. The highest BCUT2D eigenvalue weighted by Crippen LogP contribution is 2.12. The van der Waals surface area contributed by atoms with Gasteiger partial charge in [-0.15, -0.1) is 0 Å². The lowest BCUT2D eigenvalue weighted by Gasteiger charge is -2.01. The normalized spacial score (nSPS) is 10.9. The van der Waals surface area contributed by atoms with Gasteiger partial charge in [-0.05, 0) is 17.7 Å². The first-order valence-electron chi connectivity index (χ1n) is 7.87. The van der Waals surface area contributed by atoms with Crippen LogP contribution in [0.2, 0.25) is 0 Å². The summed E-state index contributed by atoms with van der Waals surface area (Å²) in [6.45, 7) is 0.351. The van der Waals surface area contributed by atoms with Crippen LogP contribution in [0.5, 0.6) is 0 Å². The van der Waals surface area contributed by atoms with Crippen LogP contribution >= 0.6 is 0 Å². The standard InChI is InChI=1S/C18H14FN5O3/c19-16-4-2-1-3-14(16)11-20-21-18(25)17-9-10-23(22-17)12-13-5-7-15(8-6-13)24(26)27/h1-11H,12H2,(H,21,25)/b20-11-. The molecule has 1 aromatic heterocycles. The number of nitro benzene ring substituents is 1. The van der Waals surface area contributed by atoms with E-state index in [1.54, 1.807) is 30.5 Å². The van der Waals surface area contributed by atoms with Crippen molar-refractivity contribution in [2.75, 3.05) is 0 Å². The average Bonchev–Trinajstić information content (AvgIpc) is 3.12. The molecule has 136 valence electrons. The molecule has 27 heavy (non-hydrogen) atoms. The molecule has 0 radical (unpaired) electrons. The van der Waals surface area contributed by atoms with Gasteiger partial charge in [0.25, 0.3) is 11.6 Å². The molecule has 0 fully saturated rings.